The Morgan fingerprint density at radius 3 is 2.33 bits per heavy atom. The first-order valence-corrected chi connectivity index (χ1v) is 27.9. The van der Waals surface area contributed by atoms with Gasteiger partial charge >= 0.3 is 0 Å². The van der Waals surface area contributed by atoms with Gasteiger partial charge in [-0.15, -0.1) is 0 Å². The van der Waals surface area contributed by atoms with Gasteiger partial charge in [-0.3, -0.25) is 34.3 Å². The van der Waals surface area contributed by atoms with Crippen molar-refractivity contribution < 1.29 is 28.4 Å². The molecule has 5 amide bonds. The first-order valence-electron chi connectivity index (χ1n) is 27.9. The summed E-state index contributed by atoms with van der Waals surface area (Å²) in [6, 6.07) is 14.5. The minimum Gasteiger partial charge on any atom is -0.357 e. The highest BCUT2D eigenvalue weighted by Gasteiger charge is 2.56. The summed E-state index contributed by atoms with van der Waals surface area (Å²) in [7, 11) is 2.03. The highest BCUT2D eigenvalue weighted by atomic mass is 19.1. The van der Waals surface area contributed by atoms with Gasteiger partial charge in [0.15, 0.2) is 11.6 Å². The van der Waals surface area contributed by atoms with Crippen LogP contribution in [0, 0.1) is 17.7 Å². The number of fused-ring (bicyclic) bond motifs is 3. The molecule has 2 N–H and O–H groups in total. The largest absolute Gasteiger partial charge is 0.357 e. The summed E-state index contributed by atoms with van der Waals surface area (Å²) in [4.78, 5) is 97.0. The molecule has 1 unspecified atom stereocenters. The van der Waals surface area contributed by atoms with Gasteiger partial charge in [-0.05, 0) is 139 Å². The van der Waals surface area contributed by atoms with Crippen molar-refractivity contribution in [1.82, 2.24) is 44.5 Å². The van der Waals surface area contributed by atoms with Crippen molar-refractivity contribution in [1.29, 1.82) is 0 Å². The molecule has 6 fully saturated rings. The zero-order valence-corrected chi connectivity index (χ0v) is 43.9. The Morgan fingerprint density at radius 1 is 0.829 bits per heavy atom. The molecular weight excluding hydrogens is 964 g/mol. The number of hydrogen-bond acceptors (Lipinski definition) is 12. The van der Waals surface area contributed by atoms with Crippen LogP contribution in [0.2, 0.25) is 0 Å². The number of nitrogens with one attached hydrogen (secondary N) is 2. The van der Waals surface area contributed by atoms with Gasteiger partial charge in [0.1, 0.15) is 11.3 Å². The highest BCUT2D eigenvalue weighted by molar-refractivity contribution is 6.09. The average molecular weight is 1030 g/mol. The smallest absolute Gasteiger partial charge is 0.238 e. The molecule has 1 aromatic carbocycles. The fraction of sp³-hybridized carbons (Fsp3) is 0.534. The summed E-state index contributed by atoms with van der Waals surface area (Å²) in [5.41, 5.74) is 5.19. The summed E-state index contributed by atoms with van der Waals surface area (Å²) in [6.45, 7) is 8.29. The Hall–Kier alpha value is -6.82. The number of pyridine rings is 3. The van der Waals surface area contributed by atoms with Crippen molar-refractivity contribution >= 4 is 63.6 Å². The Balaban J connectivity index is 0.718. The van der Waals surface area contributed by atoms with E-state index in [9.17, 15) is 19.2 Å². The lowest BCUT2D eigenvalue weighted by atomic mass is 9.73. The first-order chi connectivity index (χ1) is 36.8. The zero-order valence-electron chi connectivity index (χ0n) is 43.9. The van der Waals surface area contributed by atoms with E-state index in [2.05, 4.69) is 61.3 Å². The number of aromatic nitrogens is 5. The number of carbonyl (C=O) groups excluding carboxylic acids is 5. The number of piperidine rings is 3. The number of hydrogen-bond donors (Lipinski definition) is 2. The van der Waals surface area contributed by atoms with Crippen LogP contribution in [0.15, 0.2) is 67.4 Å². The molecule has 5 aromatic rings. The Labute approximate surface area is 443 Å². The second-order valence-corrected chi connectivity index (χ2v) is 23.0. The Kier molecular flexibility index (Phi) is 13.3. The molecule has 7 aliphatic rings. The SMILES string of the molecule is CC(C)n1cnc2cc(-c3ccc4c(c3)N([C@H]3C[C@@H](N5CCCCC5)C3)C(=O)C43CCN(C(=O)[C@@H]4CCN(C(=O)[C@H]5CC[C@H](N(C)c6ccc(C7CCC(=O)NC7=O)cn6)CC5)C4)CC3)nc(Nc3ccncc3F)c21. The van der Waals surface area contributed by atoms with E-state index in [1.165, 1.54) is 25.5 Å². The van der Waals surface area contributed by atoms with Crippen LogP contribution >= 0.6 is 0 Å². The second kappa shape index (κ2) is 20.3. The van der Waals surface area contributed by atoms with Gasteiger partial charge in [0.2, 0.25) is 29.5 Å². The van der Waals surface area contributed by atoms with Crippen LogP contribution in [0.3, 0.4) is 0 Å². The molecule has 18 heteroatoms. The molecule has 5 aliphatic heterocycles. The predicted octanol–water partition coefficient (Wildman–Crippen LogP) is 7.64. The zero-order chi connectivity index (χ0) is 52.4. The molecule has 4 saturated heterocycles. The highest BCUT2D eigenvalue weighted by Crippen LogP contribution is 2.52. The second-order valence-electron chi connectivity index (χ2n) is 23.0. The summed E-state index contributed by atoms with van der Waals surface area (Å²) in [5, 5.41) is 5.67. The van der Waals surface area contributed by atoms with Gasteiger partial charge in [-0.1, -0.05) is 24.6 Å². The van der Waals surface area contributed by atoms with Gasteiger partial charge in [0, 0.05) is 93.4 Å². The maximum absolute atomic E-state index is 15.3. The molecule has 1 spiro atoms. The summed E-state index contributed by atoms with van der Waals surface area (Å²) >= 11 is 0. The fourth-order valence-electron chi connectivity index (χ4n) is 13.7. The van der Waals surface area contributed by atoms with Crippen molar-refractivity contribution in [2.24, 2.45) is 11.8 Å². The first kappa shape index (κ1) is 50.0. The van der Waals surface area contributed by atoms with Crippen molar-refractivity contribution in [2.75, 3.05) is 61.4 Å². The number of carbonyl (C=O) groups is 5. The van der Waals surface area contributed by atoms with Crippen LogP contribution < -0.4 is 20.4 Å². The number of likely N-dealkylation sites (tertiary alicyclic amines) is 3. The molecule has 9 heterocycles. The summed E-state index contributed by atoms with van der Waals surface area (Å²) in [5.74, 6) is -0.105. The Bertz CT molecular complexity index is 3060. The van der Waals surface area contributed by atoms with E-state index in [0.717, 1.165) is 90.8 Å². The van der Waals surface area contributed by atoms with Gasteiger partial charge in [0.25, 0.3) is 0 Å². The van der Waals surface area contributed by atoms with Crippen LogP contribution in [0.4, 0.5) is 27.4 Å². The quantitative estimate of drug-likeness (QED) is 0.124. The van der Waals surface area contributed by atoms with E-state index in [-0.39, 0.29) is 71.1 Å². The third-order valence-corrected chi connectivity index (χ3v) is 18.3. The molecular formula is C58H69FN12O5. The average Bonchev–Trinajstić information content (AvgIpc) is 4.20. The normalized spacial score (nSPS) is 25.8. The molecule has 17 nitrogen and oxygen atoms in total. The third kappa shape index (κ3) is 9.06. The molecule has 0 radical (unpaired) electrons. The molecule has 0 bridgehead atoms. The molecule has 4 aromatic heterocycles. The number of rotatable bonds is 11. The topological polar surface area (TPSA) is 182 Å². The molecule has 2 atom stereocenters. The maximum atomic E-state index is 15.3. The lowest BCUT2D eigenvalue weighted by Gasteiger charge is -2.48. The predicted molar refractivity (Wildman–Crippen MR) is 286 cm³/mol. The minimum absolute atomic E-state index is 0.0671. The molecule has 76 heavy (non-hydrogen) atoms. The van der Waals surface area contributed by atoms with E-state index in [1.807, 2.05) is 45.7 Å². The van der Waals surface area contributed by atoms with Crippen molar-refractivity contribution in [3.8, 4) is 11.3 Å². The maximum Gasteiger partial charge on any atom is 0.238 e. The van der Waals surface area contributed by atoms with Crippen LogP contribution in [0.25, 0.3) is 22.3 Å². The lowest BCUT2D eigenvalue weighted by molar-refractivity contribution is -0.140. The van der Waals surface area contributed by atoms with Gasteiger partial charge in [-0.2, -0.15) is 0 Å². The number of amides is 5. The number of imide groups is 1. The van der Waals surface area contributed by atoms with Crippen LogP contribution in [-0.4, -0.2) is 133 Å². The molecule has 12 rings (SSSR count). The van der Waals surface area contributed by atoms with Crippen LogP contribution in [0.5, 0.6) is 0 Å². The van der Waals surface area contributed by atoms with E-state index in [0.29, 0.717) is 75.8 Å². The van der Waals surface area contributed by atoms with E-state index in [4.69, 9.17) is 9.97 Å². The van der Waals surface area contributed by atoms with Gasteiger partial charge < -0.3 is 34.4 Å². The molecule has 2 aliphatic carbocycles. The molecule has 398 valence electrons. The van der Waals surface area contributed by atoms with Crippen LogP contribution in [-0.2, 0) is 29.4 Å². The van der Waals surface area contributed by atoms with Crippen molar-refractivity contribution in [3.05, 3.63) is 84.3 Å². The number of imidazole rings is 1. The monoisotopic (exact) mass is 1030 g/mol. The number of nitrogens with zero attached hydrogens (tertiary/aromatic N) is 10. The standard InChI is InChI=1S/C58H69FN12O5/c1-35(2)70-34-62-48-30-47(64-53(52(48)70)63-46-17-21-60-32-45(46)59)37-9-14-44-49(27-37)71(42-28-41(29-42)67-22-5-4-6-23-67)57(76)58(44)19-25-68(26-20-58)56(75)39-18-24-69(33-39)55(74)36-7-11-40(12-8-36)66(3)50-15-10-38(31-61-50)43-13-16-51(72)65-54(43)73/h9-10,14-15,17,21,27,30-32,34-36,39-43H,4-8,11-13,16,18-20,22-26,28-29,33H2,1-3H3,(H,60,63,64)(H,65,72,73)/t36-,39-,40-,41-,42+,43?/m1/s1. The third-order valence-electron chi connectivity index (χ3n) is 18.3. The molecule has 2 saturated carbocycles. The van der Waals surface area contributed by atoms with E-state index >= 15 is 9.18 Å². The van der Waals surface area contributed by atoms with E-state index < -0.39 is 11.2 Å². The summed E-state index contributed by atoms with van der Waals surface area (Å²) < 4.78 is 17.1. The summed E-state index contributed by atoms with van der Waals surface area (Å²) in [6.07, 6.45) is 17.5. The number of halogens is 1. The lowest BCUT2D eigenvalue weighted by Crippen LogP contribution is -2.58. The van der Waals surface area contributed by atoms with Crippen molar-refractivity contribution in [3.63, 3.8) is 0 Å². The Morgan fingerprint density at radius 2 is 1.61 bits per heavy atom. The van der Waals surface area contributed by atoms with Crippen LogP contribution in [0.1, 0.15) is 127 Å². The fourth-order valence-corrected chi connectivity index (χ4v) is 13.7. The minimum atomic E-state index is -0.764. The number of benzene rings is 1. The van der Waals surface area contributed by atoms with Crippen molar-refractivity contribution in [2.45, 2.75) is 139 Å². The van der Waals surface area contributed by atoms with Gasteiger partial charge in [-0.25, -0.2) is 19.3 Å². The van der Waals surface area contributed by atoms with Gasteiger partial charge in [0.05, 0.1) is 46.7 Å². The number of anilines is 4. The van der Waals surface area contributed by atoms with E-state index in [1.54, 1.807) is 24.8 Å².